The smallest absolute Gasteiger partial charge is 0.292 e. The average Bonchev–Trinajstić information content (AvgIpc) is 2.57. The van der Waals surface area contributed by atoms with E-state index in [1.165, 1.54) is 12.1 Å². The molecular weight excluding hydrogens is 346 g/mol. The highest BCUT2D eigenvalue weighted by Crippen LogP contribution is 2.23. The Balaban J connectivity index is 1.78. The largest absolute Gasteiger partial charge is 0.492 e. The second-order valence-electron chi connectivity index (χ2n) is 5.36. The van der Waals surface area contributed by atoms with Gasteiger partial charge in [0.1, 0.15) is 18.0 Å². The Hall–Kier alpha value is -2.64. The monoisotopic (exact) mass is 363 g/mol. The topological polar surface area (TPSA) is 84.7 Å². The fourth-order valence-electron chi connectivity index (χ4n) is 2.10. The number of carbonyl (C=O) groups excluding carboxylic acids is 1. The maximum atomic E-state index is 12.0. The lowest BCUT2D eigenvalue weighted by molar-refractivity contribution is -0.383. The normalized spacial score (nSPS) is 10.5. The Labute approximate surface area is 150 Å². The molecule has 7 nitrogen and oxygen atoms in total. The van der Waals surface area contributed by atoms with Crippen molar-refractivity contribution in [2.24, 2.45) is 0 Å². The van der Waals surface area contributed by atoms with E-state index in [0.717, 1.165) is 0 Å². The van der Waals surface area contributed by atoms with E-state index in [2.05, 4.69) is 5.32 Å². The van der Waals surface area contributed by atoms with Gasteiger partial charge in [-0.15, -0.1) is 0 Å². The Morgan fingerprint density at radius 3 is 2.60 bits per heavy atom. The summed E-state index contributed by atoms with van der Waals surface area (Å²) in [7, 11) is 1.77. The second-order valence-corrected chi connectivity index (χ2v) is 5.80. The summed E-state index contributed by atoms with van der Waals surface area (Å²) in [5, 5.41) is 14.1. The van der Waals surface area contributed by atoms with Gasteiger partial charge in [-0.05, 0) is 37.4 Å². The summed E-state index contributed by atoms with van der Waals surface area (Å²) < 4.78 is 5.56. The molecule has 0 spiro atoms. The first-order valence-electron chi connectivity index (χ1n) is 7.56. The van der Waals surface area contributed by atoms with Crippen molar-refractivity contribution in [3.63, 3.8) is 0 Å². The molecule has 25 heavy (non-hydrogen) atoms. The SMILES string of the molecule is CN(CCOc1ccc(Cl)cc1)CC(=O)Nc1ccccc1[N+](=O)[O-]. The fraction of sp³-hybridized carbons (Fsp3) is 0.235. The van der Waals surface area contributed by atoms with E-state index in [1.807, 2.05) is 0 Å². The summed E-state index contributed by atoms with van der Waals surface area (Å²) in [6, 6.07) is 13.0. The number of amides is 1. The summed E-state index contributed by atoms with van der Waals surface area (Å²) in [4.78, 5) is 24.2. The molecule has 0 unspecified atom stereocenters. The molecule has 1 N–H and O–H groups in total. The standard InChI is InChI=1S/C17H18ClN3O4/c1-20(10-11-25-14-8-6-13(18)7-9-14)12-17(22)19-15-4-2-3-5-16(15)21(23)24/h2-9H,10-12H2,1H3,(H,19,22). The van der Waals surface area contributed by atoms with Crippen molar-refractivity contribution in [2.45, 2.75) is 0 Å². The number of halogens is 1. The molecule has 0 saturated carbocycles. The quantitative estimate of drug-likeness (QED) is 0.575. The minimum atomic E-state index is -0.528. The van der Waals surface area contributed by atoms with Crippen LogP contribution < -0.4 is 10.1 Å². The lowest BCUT2D eigenvalue weighted by Gasteiger charge is -2.16. The molecule has 1 amide bonds. The van der Waals surface area contributed by atoms with E-state index in [0.29, 0.717) is 23.9 Å². The molecule has 0 atom stereocenters. The van der Waals surface area contributed by atoms with Crippen LogP contribution >= 0.6 is 11.6 Å². The number of benzene rings is 2. The number of hydrogen-bond donors (Lipinski definition) is 1. The first-order chi connectivity index (χ1) is 12.0. The molecule has 0 aliphatic carbocycles. The Kier molecular flexibility index (Phi) is 6.73. The Bertz CT molecular complexity index is 737. The number of nitro benzene ring substituents is 1. The fourth-order valence-corrected chi connectivity index (χ4v) is 2.23. The number of nitrogens with one attached hydrogen (secondary N) is 1. The van der Waals surface area contributed by atoms with Crippen molar-refractivity contribution in [3.8, 4) is 5.75 Å². The highest BCUT2D eigenvalue weighted by molar-refractivity contribution is 6.30. The Morgan fingerprint density at radius 2 is 1.92 bits per heavy atom. The van der Waals surface area contributed by atoms with Crippen LogP contribution in [0.4, 0.5) is 11.4 Å². The molecule has 2 aromatic carbocycles. The van der Waals surface area contributed by atoms with Crippen LogP contribution in [0.15, 0.2) is 48.5 Å². The minimum absolute atomic E-state index is 0.0933. The van der Waals surface area contributed by atoms with Crippen molar-refractivity contribution in [2.75, 3.05) is 32.1 Å². The number of para-hydroxylation sites is 2. The van der Waals surface area contributed by atoms with Gasteiger partial charge in [-0.2, -0.15) is 0 Å². The third-order valence-corrected chi connectivity index (χ3v) is 3.60. The molecule has 0 bridgehead atoms. The predicted molar refractivity (Wildman–Crippen MR) is 96.2 cm³/mol. The van der Waals surface area contributed by atoms with Crippen LogP contribution in [0.2, 0.25) is 5.02 Å². The van der Waals surface area contributed by atoms with Gasteiger partial charge in [0.25, 0.3) is 5.69 Å². The predicted octanol–water partition coefficient (Wildman–Crippen LogP) is 3.20. The van der Waals surface area contributed by atoms with Crippen LogP contribution in [-0.4, -0.2) is 42.5 Å². The van der Waals surface area contributed by atoms with Gasteiger partial charge in [0, 0.05) is 17.6 Å². The molecule has 0 radical (unpaired) electrons. The molecule has 0 aliphatic heterocycles. The summed E-state index contributed by atoms with van der Waals surface area (Å²) in [6.45, 7) is 1.01. The maximum absolute atomic E-state index is 12.0. The highest BCUT2D eigenvalue weighted by Gasteiger charge is 2.15. The van der Waals surface area contributed by atoms with Crippen LogP contribution in [0.5, 0.6) is 5.75 Å². The lowest BCUT2D eigenvalue weighted by Crippen LogP contribution is -2.33. The van der Waals surface area contributed by atoms with Crippen LogP contribution in [0, 0.1) is 10.1 Å². The second kappa shape index (κ2) is 9.00. The molecular formula is C17H18ClN3O4. The van der Waals surface area contributed by atoms with Gasteiger partial charge in [0.05, 0.1) is 11.5 Å². The number of hydrogen-bond acceptors (Lipinski definition) is 5. The summed E-state index contributed by atoms with van der Waals surface area (Å²) in [5.41, 5.74) is 0.0490. The first-order valence-corrected chi connectivity index (χ1v) is 7.93. The van der Waals surface area contributed by atoms with Crippen molar-refractivity contribution in [1.29, 1.82) is 0 Å². The van der Waals surface area contributed by atoms with E-state index in [4.69, 9.17) is 16.3 Å². The van der Waals surface area contributed by atoms with E-state index in [-0.39, 0.29) is 23.8 Å². The number of anilines is 1. The molecule has 0 saturated heterocycles. The van der Waals surface area contributed by atoms with Gasteiger partial charge < -0.3 is 10.1 Å². The zero-order valence-corrected chi connectivity index (χ0v) is 14.4. The van der Waals surface area contributed by atoms with Crippen LogP contribution in [0.1, 0.15) is 0 Å². The van der Waals surface area contributed by atoms with Crippen LogP contribution in [0.25, 0.3) is 0 Å². The van der Waals surface area contributed by atoms with Gasteiger partial charge >= 0.3 is 0 Å². The molecule has 0 heterocycles. The number of carbonyl (C=O) groups is 1. The van der Waals surface area contributed by atoms with Crippen LogP contribution in [0.3, 0.4) is 0 Å². The summed E-state index contributed by atoms with van der Waals surface area (Å²) >= 11 is 5.80. The molecule has 8 heteroatoms. The van der Waals surface area contributed by atoms with E-state index in [9.17, 15) is 14.9 Å². The van der Waals surface area contributed by atoms with Gasteiger partial charge in [-0.3, -0.25) is 19.8 Å². The molecule has 0 aliphatic rings. The van der Waals surface area contributed by atoms with E-state index >= 15 is 0 Å². The van der Waals surface area contributed by atoms with Gasteiger partial charge in [-0.25, -0.2) is 0 Å². The van der Waals surface area contributed by atoms with Crippen LogP contribution in [-0.2, 0) is 4.79 Å². The molecule has 2 rings (SSSR count). The number of ether oxygens (including phenoxy) is 1. The highest BCUT2D eigenvalue weighted by atomic mass is 35.5. The molecule has 0 fully saturated rings. The van der Waals surface area contributed by atoms with E-state index in [1.54, 1.807) is 48.3 Å². The third kappa shape index (κ3) is 6.06. The van der Waals surface area contributed by atoms with Crippen molar-refractivity contribution < 1.29 is 14.5 Å². The van der Waals surface area contributed by atoms with Crippen molar-refractivity contribution in [3.05, 3.63) is 63.7 Å². The molecule has 2 aromatic rings. The zero-order valence-electron chi connectivity index (χ0n) is 13.6. The number of nitro groups is 1. The third-order valence-electron chi connectivity index (χ3n) is 3.34. The number of nitrogens with zero attached hydrogens (tertiary/aromatic N) is 2. The number of rotatable bonds is 8. The molecule has 132 valence electrons. The molecule has 0 aromatic heterocycles. The summed E-state index contributed by atoms with van der Waals surface area (Å²) in [5.74, 6) is 0.366. The first kappa shape index (κ1) is 18.7. The average molecular weight is 364 g/mol. The summed E-state index contributed by atoms with van der Waals surface area (Å²) in [6.07, 6.45) is 0. The maximum Gasteiger partial charge on any atom is 0.292 e. The van der Waals surface area contributed by atoms with Gasteiger partial charge in [0.15, 0.2) is 0 Å². The van der Waals surface area contributed by atoms with Gasteiger partial charge in [-0.1, -0.05) is 23.7 Å². The zero-order chi connectivity index (χ0) is 18.2. The van der Waals surface area contributed by atoms with E-state index < -0.39 is 4.92 Å². The Morgan fingerprint density at radius 1 is 1.24 bits per heavy atom. The van der Waals surface area contributed by atoms with Crippen molar-refractivity contribution in [1.82, 2.24) is 4.90 Å². The number of likely N-dealkylation sites (N-methyl/N-ethyl adjacent to an activating group) is 1. The minimum Gasteiger partial charge on any atom is -0.492 e. The van der Waals surface area contributed by atoms with Crippen molar-refractivity contribution >= 4 is 28.9 Å². The lowest BCUT2D eigenvalue weighted by atomic mass is 10.2. The van der Waals surface area contributed by atoms with Gasteiger partial charge in [0.2, 0.25) is 5.91 Å².